The van der Waals surface area contributed by atoms with Crippen LogP contribution in [0, 0.1) is 5.92 Å². The fourth-order valence-corrected chi connectivity index (χ4v) is 6.53. The number of halogens is 1. The number of ketones is 1. The zero-order chi connectivity index (χ0) is 27.4. The molecule has 1 aromatic heterocycles. The standard InChI is InChI=1S/C30H32ClN3O4S/c1-2-14-32-29(36)27-24(20-10-12-22(31)13-11-20)25(28(35)23-9-6-19-39-23)26(21-7-4-3-5-8-21)34(27)30(37)33-15-17-38-18-16-33/h3-13,19,24-27H,2,14-18H2,1H3,(H,32,36). The van der Waals surface area contributed by atoms with E-state index in [1.54, 1.807) is 21.9 Å². The van der Waals surface area contributed by atoms with Gasteiger partial charge in [-0.05, 0) is 41.1 Å². The Morgan fingerprint density at radius 2 is 1.69 bits per heavy atom. The lowest BCUT2D eigenvalue weighted by Crippen LogP contribution is -2.54. The number of hydrogen-bond donors (Lipinski definition) is 1. The summed E-state index contributed by atoms with van der Waals surface area (Å²) in [5, 5.41) is 5.46. The van der Waals surface area contributed by atoms with E-state index in [9.17, 15) is 14.4 Å². The Balaban J connectivity index is 1.72. The predicted molar refractivity (Wildman–Crippen MR) is 152 cm³/mol. The quantitative estimate of drug-likeness (QED) is 0.390. The number of rotatable bonds is 7. The van der Waals surface area contributed by atoms with E-state index in [1.165, 1.54) is 11.3 Å². The minimum Gasteiger partial charge on any atom is -0.378 e. The number of Topliss-reactive ketones (excluding diaryl/α,β-unsaturated/α-hetero) is 1. The molecule has 3 aromatic rings. The van der Waals surface area contributed by atoms with Gasteiger partial charge >= 0.3 is 6.03 Å². The maximum absolute atomic E-state index is 14.4. The first-order chi connectivity index (χ1) is 19.0. The van der Waals surface area contributed by atoms with E-state index >= 15 is 0 Å². The highest BCUT2D eigenvalue weighted by Gasteiger charge is 2.58. The van der Waals surface area contributed by atoms with E-state index in [0.717, 1.165) is 17.5 Å². The van der Waals surface area contributed by atoms with Gasteiger partial charge in [0.2, 0.25) is 5.91 Å². The van der Waals surface area contributed by atoms with Gasteiger partial charge in [-0.15, -0.1) is 11.3 Å². The molecular weight excluding hydrogens is 534 g/mol. The number of carbonyl (C=O) groups is 3. The molecule has 5 rings (SSSR count). The van der Waals surface area contributed by atoms with Gasteiger partial charge in [-0.3, -0.25) is 9.59 Å². The molecule has 1 N–H and O–H groups in total. The minimum absolute atomic E-state index is 0.0793. The number of urea groups is 1. The molecule has 0 aliphatic carbocycles. The Morgan fingerprint density at radius 3 is 2.33 bits per heavy atom. The normalized spacial score (nSPS) is 23.0. The lowest BCUT2D eigenvalue weighted by atomic mass is 9.77. The Morgan fingerprint density at radius 1 is 0.974 bits per heavy atom. The van der Waals surface area contributed by atoms with Crippen molar-refractivity contribution in [2.24, 2.45) is 5.92 Å². The van der Waals surface area contributed by atoms with Crippen LogP contribution in [0.5, 0.6) is 0 Å². The van der Waals surface area contributed by atoms with Crippen LogP contribution in [-0.2, 0) is 9.53 Å². The molecular formula is C30H32ClN3O4S. The zero-order valence-electron chi connectivity index (χ0n) is 21.8. The molecule has 2 aromatic carbocycles. The highest BCUT2D eigenvalue weighted by atomic mass is 35.5. The number of morpholine rings is 1. The molecule has 2 aliphatic heterocycles. The van der Waals surface area contributed by atoms with Crippen molar-refractivity contribution in [1.82, 2.24) is 15.1 Å². The van der Waals surface area contributed by atoms with Crippen molar-refractivity contribution in [1.29, 1.82) is 0 Å². The van der Waals surface area contributed by atoms with E-state index < -0.39 is 23.9 Å². The molecule has 3 amide bonds. The van der Waals surface area contributed by atoms with Gasteiger partial charge in [-0.25, -0.2) is 4.79 Å². The number of benzene rings is 2. The summed E-state index contributed by atoms with van der Waals surface area (Å²) in [7, 11) is 0. The lowest BCUT2D eigenvalue weighted by Gasteiger charge is -2.37. The molecule has 3 heterocycles. The van der Waals surface area contributed by atoms with Crippen molar-refractivity contribution in [2.45, 2.75) is 31.3 Å². The molecule has 2 fully saturated rings. The summed E-state index contributed by atoms with van der Waals surface area (Å²) in [6, 6.07) is 18.7. The van der Waals surface area contributed by atoms with Crippen LogP contribution in [0.1, 0.15) is 46.1 Å². The summed E-state index contributed by atoms with van der Waals surface area (Å²) in [5.41, 5.74) is 1.61. The third-order valence-corrected chi connectivity index (χ3v) is 8.59. The first-order valence-electron chi connectivity index (χ1n) is 13.3. The van der Waals surface area contributed by atoms with E-state index in [2.05, 4.69) is 5.32 Å². The van der Waals surface area contributed by atoms with Crippen LogP contribution in [0.2, 0.25) is 5.02 Å². The summed E-state index contributed by atoms with van der Waals surface area (Å²) >= 11 is 7.62. The smallest absolute Gasteiger partial charge is 0.321 e. The Hall–Kier alpha value is -3.20. The molecule has 9 heteroatoms. The van der Waals surface area contributed by atoms with Crippen LogP contribution in [0.3, 0.4) is 0 Å². The average molecular weight is 566 g/mol. The second-order valence-corrected chi connectivity index (χ2v) is 11.2. The minimum atomic E-state index is -0.896. The zero-order valence-corrected chi connectivity index (χ0v) is 23.4. The molecule has 0 bridgehead atoms. The van der Waals surface area contributed by atoms with Crippen molar-refractivity contribution in [2.75, 3.05) is 32.8 Å². The number of likely N-dealkylation sites (tertiary alicyclic amines) is 1. The van der Waals surface area contributed by atoms with Gasteiger partial charge in [0.15, 0.2) is 5.78 Å². The second kappa shape index (κ2) is 12.3. The van der Waals surface area contributed by atoms with Gasteiger partial charge in [0.05, 0.1) is 30.1 Å². The lowest BCUT2D eigenvalue weighted by molar-refractivity contribution is -0.125. The number of nitrogens with one attached hydrogen (secondary N) is 1. The largest absolute Gasteiger partial charge is 0.378 e. The van der Waals surface area contributed by atoms with Crippen molar-refractivity contribution >= 4 is 40.7 Å². The molecule has 204 valence electrons. The topological polar surface area (TPSA) is 79.0 Å². The molecule has 4 unspecified atom stereocenters. The molecule has 7 nitrogen and oxygen atoms in total. The van der Waals surface area contributed by atoms with E-state index in [0.29, 0.717) is 42.7 Å². The fraction of sp³-hybridized carbons (Fsp3) is 0.367. The van der Waals surface area contributed by atoms with Crippen molar-refractivity contribution in [3.05, 3.63) is 93.1 Å². The molecule has 2 saturated heterocycles. The average Bonchev–Trinajstić information content (AvgIpc) is 3.64. The number of thiophene rings is 1. The molecule has 0 radical (unpaired) electrons. The summed E-state index contributed by atoms with van der Waals surface area (Å²) in [6.07, 6.45) is 0.751. The van der Waals surface area contributed by atoms with Crippen LogP contribution < -0.4 is 5.32 Å². The van der Waals surface area contributed by atoms with Crippen LogP contribution in [0.4, 0.5) is 4.79 Å². The second-order valence-electron chi connectivity index (χ2n) is 9.83. The summed E-state index contributed by atoms with van der Waals surface area (Å²) in [6.45, 7) is 4.17. The highest BCUT2D eigenvalue weighted by Crippen LogP contribution is 2.52. The molecule has 2 aliphatic rings. The van der Waals surface area contributed by atoms with E-state index in [4.69, 9.17) is 16.3 Å². The SMILES string of the molecule is CCCNC(=O)C1C(c2ccc(Cl)cc2)C(C(=O)c2cccs2)C(c2ccccc2)N1C(=O)N1CCOCC1. The van der Waals surface area contributed by atoms with Crippen molar-refractivity contribution in [3.63, 3.8) is 0 Å². The van der Waals surface area contributed by atoms with Crippen LogP contribution in [0.15, 0.2) is 72.1 Å². The van der Waals surface area contributed by atoms with Gasteiger partial charge in [-0.1, -0.05) is 67.1 Å². The van der Waals surface area contributed by atoms with Crippen molar-refractivity contribution < 1.29 is 19.1 Å². The fourth-order valence-electron chi connectivity index (χ4n) is 5.69. The molecule has 0 saturated carbocycles. The Kier molecular flexibility index (Phi) is 8.65. The monoisotopic (exact) mass is 565 g/mol. The first-order valence-corrected chi connectivity index (χ1v) is 14.6. The number of nitrogens with zero attached hydrogens (tertiary/aromatic N) is 2. The van der Waals surface area contributed by atoms with Gasteiger partial charge in [0.25, 0.3) is 0 Å². The maximum atomic E-state index is 14.4. The molecule has 39 heavy (non-hydrogen) atoms. The molecule has 0 spiro atoms. The maximum Gasteiger partial charge on any atom is 0.321 e. The number of ether oxygens (including phenoxy) is 1. The van der Waals surface area contributed by atoms with Crippen LogP contribution >= 0.6 is 22.9 Å². The predicted octanol–water partition coefficient (Wildman–Crippen LogP) is 5.39. The third kappa shape index (κ3) is 5.60. The third-order valence-electron chi connectivity index (χ3n) is 7.45. The van der Waals surface area contributed by atoms with Gasteiger partial charge in [0, 0.05) is 30.6 Å². The number of amides is 3. The highest BCUT2D eigenvalue weighted by molar-refractivity contribution is 7.12. The van der Waals surface area contributed by atoms with Crippen LogP contribution in [0.25, 0.3) is 0 Å². The Bertz CT molecular complexity index is 1280. The van der Waals surface area contributed by atoms with E-state index in [-0.39, 0.29) is 17.7 Å². The van der Waals surface area contributed by atoms with Gasteiger partial charge in [0.1, 0.15) is 6.04 Å². The molecule has 4 atom stereocenters. The summed E-state index contributed by atoms with van der Waals surface area (Å²) in [5.74, 6) is -1.61. The van der Waals surface area contributed by atoms with Crippen molar-refractivity contribution in [3.8, 4) is 0 Å². The van der Waals surface area contributed by atoms with E-state index in [1.807, 2.05) is 66.9 Å². The van der Waals surface area contributed by atoms with Crippen LogP contribution in [-0.4, -0.2) is 66.4 Å². The number of hydrogen-bond acceptors (Lipinski definition) is 5. The Labute approximate surface area is 237 Å². The number of carbonyl (C=O) groups excluding carboxylic acids is 3. The van der Waals surface area contributed by atoms with Gasteiger partial charge in [-0.2, -0.15) is 0 Å². The van der Waals surface area contributed by atoms with Gasteiger partial charge < -0.3 is 19.9 Å². The summed E-state index contributed by atoms with van der Waals surface area (Å²) in [4.78, 5) is 46.7. The summed E-state index contributed by atoms with van der Waals surface area (Å²) < 4.78 is 5.50. The first kappa shape index (κ1) is 27.4.